The van der Waals surface area contributed by atoms with Gasteiger partial charge in [0.25, 0.3) is 17.7 Å². The minimum atomic E-state index is -0.679. The zero-order valence-corrected chi connectivity index (χ0v) is 15.6. The van der Waals surface area contributed by atoms with Crippen molar-refractivity contribution < 1.29 is 24.3 Å². The van der Waals surface area contributed by atoms with Crippen LogP contribution in [0.15, 0.2) is 42.5 Å². The zero-order valence-electron chi connectivity index (χ0n) is 15.6. The van der Waals surface area contributed by atoms with Crippen molar-refractivity contribution in [2.45, 2.75) is 26.4 Å². The number of benzene rings is 2. The van der Waals surface area contributed by atoms with Gasteiger partial charge in [0.15, 0.2) is 6.61 Å². The second-order valence-corrected chi connectivity index (χ2v) is 6.72. The minimum Gasteiger partial charge on any atom is -0.482 e. The highest BCUT2D eigenvalue weighted by Crippen LogP contribution is 2.34. The largest absolute Gasteiger partial charge is 0.482 e. The van der Waals surface area contributed by atoms with Crippen LogP contribution in [0, 0.1) is 0 Å². The van der Waals surface area contributed by atoms with Crippen molar-refractivity contribution in [2.75, 3.05) is 11.5 Å². The molecular formula is C20H21N3O5. The topological polar surface area (TPSA) is 108 Å². The van der Waals surface area contributed by atoms with Crippen LogP contribution in [0.5, 0.6) is 5.75 Å². The summed E-state index contributed by atoms with van der Waals surface area (Å²) in [5.41, 5.74) is 3.57. The Balaban J connectivity index is 1.83. The minimum absolute atomic E-state index is 0.0416. The van der Waals surface area contributed by atoms with Gasteiger partial charge in [-0.15, -0.1) is 0 Å². The molecule has 0 unspecified atom stereocenters. The number of nitrogens with zero attached hydrogens (tertiary/aromatic N) is 1. The van der Waals surface area contributed by atoms with Crippen molar-refractivity contribution in [3.8, 4) is 5.75 Å². The van der Waals surface area contributed by atoms with Crippen LogP contribution in [0.2, 0.25) is 0 Å². The van der Waals surface area contributed by atoms with E-state index in [2.05, 4.69) is 5.32 Å². The molecule has 0 spiro atoms. The van der Waals surface area contributed by atoms with Crippen molar-refractivity contribution in [2.24, 2.45) is 0 Å². The number of rotatable bonds is 5. The van der Waals surface area contributed by atoms with E-state index in [1.54, 1.807) is 35.8 Å². The summed E-state index contributed by atoms with van der Waals surface area (Å²) in [4.78, 5) is 37.6. The number of carbonyl (C=O) groups is 3. The fourth-order valence-electron chi connectivity index (χ4n) is 2.87. The number of nitrogens with one attached hydrogen (secondary N) is 2. The summed E-state index contributed by atoms with van der Waals surface area (Å²) >= 11 is 0. The van der Waals surface area contributed by atoms with Crippen LogP contribution in [0.4, 0.5) is 5.69 Å². The Morgan fingerprint density at radius 2 is 1.79 bits per heavy atom. The van der Waals surface area contributed by atoms with Crippen LogP contribution in [-0.4, -0.2) is 35.6 Å². The van der Waals surface area contributed by atoms with Gasteiger partial charge in [-0.25, -0.2) is 5.48 Å². The lowest BCUT2D eigenvalue weighted by molar-refractivity contribution is -0.121. The molecule has 0 bridgehead atoms. The first-order valence-corrected chi connectivity index (χ1v) is 8.80. The van der Waals surface area contributed by atoms with Crippen molar-refractivity contribution in [3.05, 3.63) is 59.2 Å². The average Bonchev–Trinajstić information content (AvgIpc) is 2.69. The molecule has 3 N–H and O–H groups in total. The normalized spacial score (nSPS) is 13.0. The number of ether oxygens (including phenoxy) is 1. The molecule has 0 radical (unpaired) electrons. The van der Waals surface area contributed by atoms with Gasteiger partial charge in [0.2, 0.25) is 0 Å². The molecule has 3 rings (SSSR count). The van der Waals surface area contributed by atoms with E-state index in [0.717, 1.165) is 5.56 Å². The molecule has 0 aromatic heterocycles. The highest BCUT2D eigenvalue weighted by molar-refractivity contribution is 6.01. The third-order valence-electron chi connectivity index (χ3n) is 4.24. The molecule has 146 valence electrons. The van der Waals surface area contributed by atoms with E-state index in [4.69, 9.17) is 9.94 Å². The number of hydrogen-bond donors (Lipinski definition) is 3. The van der Waals surface area contributed by atoms with Crippen molar-refractivity contribution in [1.82, 2.24) is 10.8 Å². The Kier molecular flexibility index (Phi) is 5.60. The quantitative estimate of drug-likeness (QED) is 0.540. The summed E-state index contributed by atoms with van der Waals surface area (Å²) < 4.78 is 5.42. The van der Waals surface area contributed by atoms with Crippen LogP contribution in [0.25, 0.3) is 0 Å². The molecule has 0 fully saturated rings. The molecule has 28 heavy (non-hydrogen) atoms. The van der Waals surface area contributed by atoms with Gasteiger partial charge in [0.1, 0.15) is 5.75 Å². The molecule has 1 aliphatic heterocycles. The van der Waals surface area contributed by atoms with Gasteiger partial charge < -0.3 is 15.0 Å². The molecular weight excluding hydrogens is 362 g/mol. The smallest absolute Gasteiger partial charge is 0.274 e. The Morgan fingerprint density at radius 1 is 1.11 bits per heavy atom. The van der Waals surface area contributed by atoms with E-state index in [0.29, 0.717) is 17.0 Å². The van der Waals surface area contributed by atoms with Gasteiger partial charge in [0, 0.05) is 17.2 Å². The summed E-state index contributed by atoms with van der Waals surface area (Å²) in [7, 11) is 0. The first kappa shape index (κ1) is 19.4. The number of carbonyl (C=O) groups excluding carboxylic acids is 3. The zero-order chi connectivity index (χ0) is 20.3. The number of amides is 3. The van der Waals surface area contributed by atoms with E-state index < -0.39 is 5.91 Å². The van der Waals surface area contributed by atoms with Crippen LogP contribution in [-0.2, 0) is 11.3 Å². The molecule has 0 saturated carbocycles. The van der Waals surface area contributed by atoms with Crippen LogP contribution in [0.1, 0.15) is 40.1 Å². The third kappa shape index (κ3) is 4.12. The van der Waals surface area contributed by atoms with Crippen LogP contribution in [0.3, 0.4) is 0 Å². The van der Waals surface area contributed by atoms with Crippen molar-refractivity contribution in [1.29, 1.82) is 0 Å². The highest BCUT2D eigenvalue weighted by Gasteiger charge is 2.26. The SMILES string of the molecule is CC(C)NC(=O)c1ccc(CN2C(=O)COc3ccc(C(=O)NO)cc32)cc1. The van der Waals surface area contributed by atoms with Gasteiger partial charge in [-0.3, -0.25) is 19.6 Å². The summed E-state index contributed by atoms with van der Waals surface area (Å²) in [6.07, 6.45) is 0. The second-order valence-electron chi connectivity index (χ2n) is 6.72. The van der Waals surface area contributed by atoms with Gasteiger partial charge in [-0.05, 0) is 49.7 Å². The van der Waals surface area contributed by atoms with Crippen LogP contribution >= 0.6 is 0 Å². The summed E-state index contributed by atoms with van der Waals surface area (Å²) in [6, 6.07) is 11.6. The maximum atomic E-state index is 12.4. The van der Waals surface area contributed by atoms with E-state index in [-0.39, 0.29) is 36.6 Å². The summed E-state index contributed by atoms with van der Waals surface area (Å²) in [6.45, 7) is 3.93. The number of hydroxylamine groups is 1. The molecule has 2 aromatic carbocycles. The lowest BCUT2D eigenvalue weighted by Gasteiger charge is -2.29. The maximum Gasteiger partial charge on any atom is 0.274 e. The van der Waals surface area contributed by atoms with Gasteiger partial charge in [-0.2, -0.15) is 0 Å². The molecule has 1 aliphatic rings. The predicted octanol–water partition coefficient (Wildman–Crippen LogP) is 1.87. The van der Waals surface area contributed by atoms with Gasteiger partial charge in [0.05, 0.1) is 12.2 Å². The Morgan fingerprint density at radius 3 is 2.43 bits per heavy atom. The molecule has 0 saturated heterocycles. The molecule has 1 heterocycles. The first-order valence-electron chi connectivity index (χ1n) is 8.80. The number of fused-ring (bicyclic) bond motifs is 1. The second kappa shape index (κ2) is 8.10. The monoisotopic (exact) mass is 383 g/mol. The molecule has 0 aliphatic carbocycles. The van der Waals surface area contributed by atoms with Gasteiger partial charge >= 0.3 is 0 Å². The van der Waals surface area contributed by atoms with E-state index in [9.17, 15) is 14.4 Å². The van der Waals surface area contributed by atoms with E-state index in [1.807, 2.05) is 13.8 Å². The van der Waals surface area contributed by atoms with Crippen molar-refractivity contribution in [3.63, 3.8) is 0 Å². The van der Waals surface area contributed by atoms with E-state index >= 15 is 0 Å². The molecule has 3 amide bonds. The highest BCUT2D eigenvalue weighted by atomic mass is 16.5. The fourth-order valence-corrected chi connectivity index (χ4v) is 2.87. The molecule has 8 nitrogen and oxygen atoms in total. The molecule has 2 aromatic rings. The Hall–Kier alpha value is -3.39. The maximum absolute atomic E-state index is 12.4. The molecule has 0 atom stereocenters. The lowest BCUT2D eigenvalue weighted by atomic mass is 10.1. The standard InChI is InChI=1S/C20H21N3O5/c1-12(2)21-19(25)14-5-3-13(4-6-14)10-23-16-9-15(20(26)22-27)7-8-17(16)28-11-18(23)24/h3-9,12,27H,10-11H2,1-2H3,(H,21,25)(H,22,26). The van der Waals surface area contributed by atoms with Gasteiger partial charge in [-0.1, -0.05) is 12.1 Å². The fraction of sp³-hybridized carbons (Fsp3) is 0.250. The van der Waals surface area contributed by atoms with E-state index in [1.165, 1.54) is 17.0 Å². The Labute approximate surface area is 162 Å². The summed E-state index contributed by atoms with van der Waals surface area (Å²) in [5, 5.41) is 11.7. The predicted molar refractivity (Wildman–Crippen MR) is 101 cm³/mol. The average molecular weight is 383 g/mol. The lowest BCUT2D eigenvalue weighted by Crippen LogP contribution is -2.38. The van der Waals surface area contributed by atoms with Crippen LogP contribution < -0.4 is 20.4 Å². The number of hydrogen-bond acceptors (Lipinski definition) is 5. The molecule has 8 heteroatoms. The third-order valence-corrected chi connectivity index (χ3v) is 4.24. The number of anilines is 1. The van der Waals surface area contributed by atoms with Crippen molar-refractivity contribution >= 4 is 23.4 Å². The Bertz CT molecular complexity index is 909. The summed E-state index contributed by atoms with van der Waals surface area (Å²) in [5.74, 6) is -0.618. The first-order chi connectivity index (χ1) is 13.4.